The molecule has 14 heavy (non-hydrogen) atoms. The topological polar surface area (TPSA) is 75.3 Å². The van der Waals surface area contributed by atoms with E-state index >= 15 is 0 Å². The molecule has 1 aromatic carbocycles. The van der Waals surface area contributed by atoms with E-state index in [-0.39, 0.29) is 11.4 Å². The number of hydrogen-bond donors (Lipinski definition) is 2. The Labute approximate surface area is 79.2 Å². The van der Waals surface area contributed by atoms with Crippen molar-refractivity contribution in [2.45, 2.75) is 0 Å². The van der Waals surface area contributed by atoms with Crippen LogP contribution in [0.15, 0.2) is 18.2 Å². The predicted molar refractivity (Wildman–Crippen MR) is 49.3 cm³/mol. The number of aromatic nitrogens is 2. The van der Waals surface area contributed by atoms with Crippen LogP contribution >= 0.6 is 0 Å². The van der Waals surface area contributed by atoms with E-state index in [0.717, 1.165) is 0 Å². The highest BCUT2D eigenvalue weighted by Crippen LogP contribution is 2.21. The van der Waals surface area contributed by atoms with Gasteiger partial charge in [-0.2, -0.15) is 5.10 Å². The Morgan fingerprint density at radius 2 is 2.21 bits per heavy atom. The third-order valence-corrected chi connectivity index (χ3v) is 2.02. The molecule has 2 aromatic rings. The highest BCUT2D eigenvalue weighted by atomic mass is 16.4. The number of aromatic hydroxyl groups is 1. The van der Waals surface area contributed by atoms with Gasteiger partial charge < -0.3 is 10.2 Å². The van der Waals surface area contributed by atoms with Crippen molar-refractivity contribution in [2.75, 3.05) is 0 Å². The van der Waals surface area contributed by atoms with E-state index in [0.29, 0.717) is 10.9 Å². The van der Waals surface area contributed by atoms with Crippen LogP contribution in [0.4, 0.5) is 0 Å². The van der Waals surface area contributed by atoms with Gasteiger partial charge in [-0.15, -0.1) is 0 Å². The second kappa shape index (κ2) is 2.73. The molecule has 0 spiro atoms. The minimum Gasteiger partial charge on any atom is -0.508 e. The standard InChI is InChI=1S/C9H8N2O3/c1-11-8(9(13)14)6-3-2-5(12)4-7(6)10-11/h2-4,12H,1H3,(H,13,14). The summed E-state index contributed by atoms with van der Waals surface area (Å²) in [6, 6.07) is 4.42. The number of carboxylic acids is 1. The van der Waals surface area contributed by atoms with Crippen molar-refractivity contribution in [3.63, 3.8) is 0 Å². The van der Waals surface area contributed by atoms with Crippen LogP contribution in [0, 0.1) is 0 Å². The zero-order valence-corrected chi connectivity index (χ0v) is 7.43. The number of phenolic OH excluding ortho intramolecular Hbond substituents is 1. The molecule has 2 N–H and O–H groups in total. The molecule has 5 nitrogen and oxygen atoms in total. The molecule has 5 heteroatoms. The lowest BCUT2D eigenvalue weighted by atomic mass is 10.2. The molecule has 1 aromatic heterocycles. The SMILES string of the molecule is Cn1nc2cc(O)ccc2c1C(=O)O. The van der Waals surface area contributed by atoms with Crippen molar-refractivity contribution in [1.82, 2.24) is 9.78 Å². The molecule has 0 amide bonds. The van der Waals surface area contributed by atoms with E-state index in [4.69, 9.17) is 5.11 Å². The number of phenols is 1. The number of aromatic carboxylic acids is 1. The van der Waals surface area contributed by atoms with E-state index in [9.17, 15) is 9.90 Å². The van der Waals surface area contributed by atoms with Crippen molar-refractivity contribution in [2.24, 2.45) is 7.05 Å². The van der Waals surface area contributed by atoms with E-state index in [1.165, 1.54) is 16.8 Å². The number of carbonyl (C=O) groups is 1. The molecule has 0 radical (unpaired) electrons. The first-order chi connectivity index (χ1) is 6.59. The minimum absolute atomic E-state index is 0.0764. The lowest BCUT2D eigenvalue weighted by Crippen LogP contribution is -2.05. The van der Waals surface area contributed by atoms with Gasteiger partial charge in [0.15, 0.2) is 5.69 Å². The molecule has 0 aliphatic heterocycles. The lowest BCUT2D eigenvalue weighted by Gasteiger charge is -1.94. The zero-order valence-electron chi connectivity index (χ0n) is 7.43. The zero-order chi connectivity index (χ0) is 10.3. The number of fused-ring (bicyclic) bond motifs is 1. The Morgan fingerprint density at radius 1 is 1.50 bits per heavy atom. The van der Waals surface area contributed by atoms with Crippen LogP contribution in [0.5, 0.6) is 5.75 Å². The average Bonchev–Trinajstić information content (AvgIpc) is 2.39. The van der Waals surface area contributed by atoms with Crippen LogP contribution in [0.1, 0.15) is 10.5 Å². The predicted octanol–water partition coefficient (Wildman–Crippen LogP) is 0.977. The second-order valence-electron chi connectivity index (χ2n) is 2.98. The van der Waals surface area contributed by atoms with Gasteiger partial charge in [0.2, 0.25) is 0 Å². The molecule has 2 rings (SSSR count). The summed E-state index contributed by atoms with van der Waals surface area (Å²) in [6.45, 7) is 0. The number of carboxylic acid groups (broad SMARTS) is 1. The summed E-state index contributed by atoms with van der Waals surface area (Å²) in [5.41, 5.74) is 0.602. The summed E-state index contributed by atoms with van der Waals surface area (Å²) < 4.78 is 1.28. The molecule has 0 unspecified atom stereocenters. The van der Waals surface area contributed by atoms with Gasteiger partial charge in [-0.1, -0.05) is 0 Å². The lowest BCUT2D eigenvalue weighted by molar-refractivity contribution is 0.0687. The van der Waals surface area contributed by atoms with E-state index in [1.807, 2.05) is 0 Å². The fourth-order valence-electron chi connectivity index (χ4n) is 1.44. The third-order valence-electron chi connectivity index (χ3n) is 2.02. The first kappa shape index (κ1) is 8.55. The highest BCUT2D eigenvalue weighted by Gasteiger charge is 2.15. The number of aryl methyl sites for hydroxylation is 1. The fraction of sp³-hybridized carbons (Fsp3) is 0.111. The van der Waals surface area contributed by atoms with E-state index in [2.05, 4.69) is 5.10 Å². The molecule has 0 saturated heterocycles. The van der Waals surface area contributed by atoms with Crippen LogP contribution in [-0.4, -0.2) is 26.0 Å². The van der Waals surface area contributed by atoms with E-state index in [1.54, 1.807) is 13.1 Å². The van der Waals surface area contributed by atoms with E-state index < -0.39 is 5.97 Å². The monoisotopic (exact) mass is 192 g/mol. The first-order valence-electron chi connectivity index (χ1n) is 3.98. The van der Waals surface area contributed by atoms with Crippen molar-refractivity contribution in [3.8, 4) is 5.75 Å². The minimum atomic E-state index is -1.03. The molecule has 0 atom stereocenters. The fourth-order valence-corrected chi connectivity index (χ4v) is 1.44. The Hall–Kier alpha value is -2.04. The van der Waals surface area contributed by atoms with Crippen molar-refractivity contribution in [1.29, 1.82) is 0 Å². The summed E-state index contributed by atoms with van der Waals surface area (Å²) in [4.78, 5) is 10.9. The van der Waals surface area contributed by atoms with Gasteiger partial charge in [0.05, 0.1) is 5.52 Å². The molecule has 0 fully saturated rings. The summed E-state index contributed by atoms with van der Waals surface area (Å²) in [5.74, 6) is -0.951. The maximum atomic E-state index is 10.9. The Balaban J connectivity index is 2.84. The van der Waals surface area contributed by atoms with Gasteiger partial charge in [-0.05, 0) is 12.1 Å². The van der Waals surface area contributed by atoms with Gasteiger partial charge >= 0.3 is 5.97 Å². The van der Waals surface area contributed by atoms with Gasteiger partial charge in [-0.25, -0.2) is 4.79 Å². The molecule has 0 aliphatic carbocycles. The third kappa shape index (κ3) is 1.10. The summed E-state index contributed by atoms with van der Waals surface area (Å²) in [6.07, 6.45) is 0. The summed E-state index contributed by atoms with van der Waals surface area (Å²) in [5, 5.41) is 22.6. The molecule has 0 bridgehead atoms. The second-order valence-corrected chi connectivity index (χ2v) is 2.98. The van der Waals surface area contributed by atoms with Crippen LogP contribution in [-0.2, 0) is 7.05 Å². The summed E-state index contributed by atoms with van der Waals surface area (Å²) >= 11 is 0. The largest absolute Gasteiger partial charge is 0.508 e. The van der Waals surface area contributed by atoms with Crippen LogP contribution in [0.3, 0.4) is 0 Å². The molecular weight excluding hydrogens is 184 g/mol. The van der Waals surface area contributed by atoms with Crippen molar-refractivity contribution < 1.29 is 15.0 Å². The van der Waals surface area contributed by atoms with Crippen molar-refractivity contribution >= 4 is 16.9 Å². The van der Waals surface area contributed by atoms with Gasteiger partial charge in [0.1, 0.15) is 5.75 Å². The Morgan fingerprint density at radius 3 is 2.86 bits per heavy atom. The average molecular weight is 192 g/mol. The van der Waals surface area contributed by atoms with Gasteiger partial charge in [0.25, 0.3) is 0 Å². The number of hydrogen-bond acceptors (Lipinski definition) is 3. The van der Waals surface area contributed by atoms with Crippen LogP contribution in [0.2, 0.25) is 0 Å². The number of rotatable bonds is 1. The maximum Gasteiger partial charge on any atom is 0.354 e. The smallest absolute Gasteiger partial charge is 0.354 e. The number of nitrogens with zero attached hydrogens (tertiary/aromatic N) is 2. The Bertz CT molecular complexity index is 516. The maximum absolute atomic E-state index is 10.9. The molecule has 0 aliphatic rings. The molecule has 0 saturated carbocycles. The summed E-state index contributed by atoms with van der Waals surface area (Å²) in [7, 11) is 1.56. The van der Waals surface area contributed by atoms with Gasteiger partial charge in [0, 0.05) is 18.5 Å². The quantitative estimate of drug-likeness (QED) is 0.706. The number of benzene rings is 1. The molecular formula is C9H8N2O3. The van der Waals surface area contributed by atoms with Gasteiger partial charge in [-0.3, -0.25) is 4.68 Å². The first-order valence-corrected chi connectivity index (χ1v) is 3.98. The molecule has 72 valence electrons. The van der Waals surface area contributed by atoms with Crippen LogP contribution in [0.25, 0.3) is 10.9 Å². The van der Waals surface area contributed by atoms with Crippen molar-refractivity contribution in [3.05, 3.63) is 23.9 Å². The Kier molecular flexibility index (Phi) is 1.67. The highest BCUT2D eigenvalue weighted by molar-refractivity contribution is 6.01. The molecule has 1 heterocycles. The normalized spacial score (nSPS) is 10.6. The van der Waals surface area contributed by atoms with Crippen LogP contribution < -0.4 is 0 Å².